The molecule has 1 aromatic carbocycles. The second-order valence-corrected chi connectivity index (χ2v) is 14.5. The molecular formula is C28H43F2O5S+. The molecule has 204 valence electrons. The molecule has 2 unspecified atom stereocenters. The second-order valence-electron chi connectivity index (χ2n) is 12.3. The molecule has 4 aliphatic carbocycles. The molecule has 5 rings (SSSR count). The summed E-state index contributed by atoms with van der Waals surface area (Å²) in [6.07, 6.45) is 5.16. The molecular weight excluding hydrogens is 486 g/mol. The molecule has 4 aliphatic rings. The van der Waals surface area contributed by atoms with Gasteiger partial charge in [0.1, 0.15) is 11.5 Å². The van der Waals surface area contributed by atoms with Crippen molar-refractivity contribution in [3.63, 3.8) is 0 Å². The van der Waals surface area contributed by atoms with E-state index in [9.17, 15) is 18.7 Å². The third kappa shape index (κ3) is 7.42. The van der Waals surface area contributed by atoms with Gasteiger partial charge in [-0.05, 0) is 73.5 Å². The highest BCUT2D eigenvalue weighted by molar-refractivity contribution is 7.96. The first kappa shape index (κ1) is 29.3. The van der Waals surface area contributed by atoms with Crippen LogP contribution in [0.2, 0.25) is 0 Å². The number of hydrogen-bond donors (Lipinski definition) is 3. The van der Waals surface area contributed by atoms with E-state index in [-0.39, 0.29) is 41.5 Å². The minimum atomic E-state index is -3.43. The number of hydrogen-bond acceptors (Lipinski definition) is 5. The van der Waals surface area contributed by atoms with Gasteiger partial charge in [-0.3, -0.25) is 0 Å². The lowest BCUT2D eigenvalue weighted by atomic mass is 9.48. The molecule has 4 fully saturated rings. The summed E-state index contributed by atoms with van der Waals surface area (Å²) in [7, 11) is -0.0230. The highest BCUT2D eigenvalue weighted by Crippen LogP contribution is 2.61. The van der Waals surface area contributed by atoms with Gasteiger partial charge in [0.15, 0.2) is 4.90 Å². The van der Waals surface area contributed by atoms with Crippen LogP contribution in [0.4, 0.5) is 8.78 Å². The first-order chi connectivity index (χ1) is 16.7. The third-order valence-electron chi connectivity index (χ3n) is 7.75. The number of carbonyl (C=O) groups is 1. The second kappa shape index (κ2) is 11.3. The Balaban J connectivity index is 0.000000202. The highest BCUT2D eigenvalue weighted by atomic mass is 32.2. The first-order valence-corrected chi connectivity index (χ1v) is 14.5. The Labute approximate surface area is 217 Å². The Morgan fingerprint density at radius 2 is 1.53 bits per heavy atom. The van der Waals surface area contributed by atoms with Crippen LogP contribution in [0.5, 0.6) is 0 Å². The highest BCUT2D eigenvalue weighted by Gasteiger charge is 2.57. The van der Waals surface area contributed by atoms with Crippen molar-refractivity contribution in [3.05, 3.63) is 29.8 Å². The lowest BCUT2D eigenvalue weighted by Gasteiger charge is -2.59. The number of aliphatic hydroxyl groups excluding tert-OH is 2. The molecule has 0 aromatic heterocycles. The average molecular weight is 530 g/mol. The Morgan fingerprint density at radius 3 is 1.94 bits per heavy atom. The molecule has 0 aliphatic heterocycles. The van der Waals surface area contributed by atoms with Gasteiger partial charge < -0.3 is 20.1 Å². The van der Waals surface area contributed by atoms with E-state index in [1.165, 1.54) is 10.5 Å². The summed E-state index contributed by atoms with van der Waals surface area (Å²) in [5, 5.41) is 28.6. The monoisotopic (exact) mass is 529 g/mol. The van der Waals surface area contributed by atoms with E-state index in [2.05, 4.69) is 45.0 Å². The van der Waals surface area contributed by atoms with Gasteiger partial charge in [-0.1, -0.05) is 32.9 Å². The maximum absolute atomic E-state index is 12.8. The number of aliphatic hydroxyl groups is 3. The Kier molecular flexibility index (Phi) is 9.18. The van der Waals surface area contributed by atoms with Crippen LogP contribution in [0.3, 0.4) is 0 Å². The van der Waals surface area contributed by atoms with Gasteiger partial charge in [-0.25, -0.2) is 4.79 Å². The minimum absolute atomic E-state index is 0.0230. The van der Waals surface area contributed by atoms with Crippen LogP contribution in [-0.2, 0) is 25.8 Å². The van der Waals surface area contributed by atoms with Crippen molar-refractivity contribution in [2.45, 2.75) is 88.1 Å². The Bertz CT molecular complexity index is 857. The van der Waals surface area contributed by atoms with Gasteiger partial charge >= 0.3 is 11.9 Å². The maximum Gasteiger partial charge on any atom is 0.376 e. The van der Waals surface area contributed by atoms with E-state index < -0.39 is 17.5 Å². The zero-order valence-corrected chi connectivity index (χ0v) is 22.9. The van der Waals surface area contributed by atoms with E-state index in [0.29, 0.717) is 25.2 Å². The van der Waals surface area contributed by atoms with Crippen LogP contribution < -0.4 is 0 Å². The minimum Gasteiger partial charge on any atom is -0.461 e. The molecule has 36 heavy (non-hydrogen) atoms. The van der Waals surface area contributed by atoms with Crippen LogP contribution in [0.25, 0.3) is 0 Å². The average Bonchev–Trinajstić information content (AvgIpc) is 2.75. The summed E-state index contributed by atoms with van der Waals surface area (Å²) in [6, 6.07) is 8.58. The molecule has 0 spiro atoms. The number of halogens is 2. The normalized spacial score (nSPS) is 29.2. The van der Waals surface area contributed by atoms with Crippen molar-refractivity contribution >= 4 is 16.9 Å². The van der Waals surface area contributed by atoms with Crippen molar-refractivity contribution in [2.75, 3.05) is 31.3 Å². The summed E-state index contributed by atoms with van der Waals surface area (Å²) in [5.41, 5.74) is 0.577. The van der Waals surface area contributed by atoms with Crippen LogP contribution in [0.1, 0.15) is 71.8 Å². The molecule has 0 saturated heterocycles. The van der Waals surface area contributed by atoms with Gasteiger partial charge in [-0.2, -0.15) is 8.78 Å². The standard InChI is InChI=1S/C14H20F2O3.C14H23O2S/c1-12(15,16)11(17)19-8-13-3-9-2-10(4-13)6-14(18,5-9)7-13;1-14(2,3)12-4-6-13(7-5-12)17(10-8-15)11-9-16/h9-10,18H,2-8H2,1H3;4-7,15-16H,8-11H2,1-3H3/q;+1. The number of ether oxygens (including phenoxy) is 1. The fraction of sp³-hybridized carbons (Fsp3) is 0.750. The van der Waals surface area contributed by atoms with E-state index in [4.69, 9.17) is 14.9 Å². The number of rotatable bonds is 8. The largest absolute Gasteiger partial charge is 0.461 e. The van der Waals surface area contributed by atoms with Crippen LogP contribution >= 0.6 is 0 Å². The van der Waals surface area contributed by atoms with E-state index in [0.717, 1.165) is 43.6 Å². The summed E-state index contributed by atoms with van der Waals surface area (Å²) in [4.78, 5) is 12.4. The van der Waals surface area contributed by atoms with E-state index >= 15 is 0 Å². The Hall–Kier alpha value is -1.22. The predicted molar refractivity (Wildman–Crippen MR) is 138 cm³/mol. The van der Waals surface area contributed by atoms with E-state index in [1.54, 1.807) is 0 Å². The van der Waals surface area contributed by atoms with Crippen LogP contribution in [0, 0.1) is 17.3 Å². The fourth-order valence-corrected chi connectivity index (χ4v) is 8.26. The summed E-state index contributed by atoms with van der Waals surface area (Å²) in [6.45, 7) is 7.55. The topological polar surface area (TPSA) is 87.0 Å². The van der Waals surface area contributed by atoms with Crippen LogP contribution in [0.15, 0.2) is 29.2 Å². The summed E-state index contributed by atoms with van der Waals surface area (Å²) in [5.74, 6) is -2.46. The fourth-order valence-electron chi connectivity index (χ4n) is 6.62. The van der Waals surface area contributed by atoms with Gasteiger partial charge in [0, 0.05) is 23.2 Å². The Morgan fingerprint density at radius 1 is 1.00 bits per heavy atom. The predicted octanol–water partition coefficient (Wildman–Crippen LogP) is 4.46. The van der Waals surface area contributed by atoms with Gasteiger partial charge in [0.2, 0.25) is 0 Å². The number of alkyl halides is 2. The maximum atomic E-state index is 12.8. The molecule has 0 amide bonds. The lowest BCUT2D eigenvalue weighted by molar-refractivity contribution is -0.197. The number of esters is 1. The smallest absolute Gasteiger partial charge is 0.376 e. The molecule has 1 aromatic rings. The first-order valence-electron chi connectivity index (χ1n) is 13.0. The molecule has 0 heterocycles. The van der Waals surface area contributed by atoms with Crippen molar-refractivity contribution in [2.24, 2.45) is 17.3 Å². The lowest BCUT2D eigenvalue weighted by Crippen LogP contribution is -2.57. The summed E-state index contributed by atoms with van der Waals surface area (Å²) < 4.78 is 30.5. The zero-order valence-electron chi connectivity index (χ0n) is 22.1. The van der Waals surface area contributed by atoms with Crippen molar-refractivity contribution in [1.82, 2.24) is 0 Å². The molecule has 4 bridgehead atoms. The van der Waals surface area contributed by atoms with Crippen LogP contribution in [-0.4, -0.2) is 64.1 Å². The SMILES string of the molecule is CC(C)(C)c1ccc([S+](CCO)CCO)cc1.CC(F)(F)C(=O)OCC12CC3CC(CC(O)(C3)C1)C2. The molecule has 8 heteroatoms. The molecule has 2 atom stereocenters. The molecule has 3 N–H and O–H groups in total. The number of benzene rings is 1. The van der Waals surface area contributed by atoms with Crippen molar-refractivity contribution < 1.29 is 33.6 Å². The van der Waals surface area contributed by atoms with E-state index in [1.807, 2.05) is 0 Å². The summed E-state index contributed by atoms with van der Waals surface area (Å²) >= 11 is 0. The molecule has 4 saturated carbocycles. The quantitative estimate of drug-likeness (QED) is 0.342. The van der Waals surface area contributed by atoms with Crippen molar-refractivity contribution in [1.29, 1.82) is 0 Å². The third-order valence-corrected chi connectivity index (χ3v) is 10.0. The van der Waals surface area contributed by atoms with Gasteiger partial charge in [0.05, 0.1) is 25.4 Å². The number of carbonyl (C=O) groups excluding carboxylic acids is 1. The zero-order chi connectivity index (χ0) is 26.8. The molecule has 0 radical (unpaired) electrons. The van der Waals surface area contributed by atoms with Gasteiger partial charge in [0.25, 0.3) is 0 Å². The van der Waals surface area contributed by atoms with Crippen molar-refractivity contribution in [3.8, 4) is 0 Å². The van der Waals surface area contributed by atoms with Gasteiger partial charge in [-0.15, -0.1) is 0 Å². The molecule has 5 nitrogen and oxygen atoms in total.